The number of aromatic nitrogens is 2. The minimum atomic E-state index is -0.0509. The Morgan fingerprint density at radius 2 is 1.61 bits per heavy atom. The second-order valence-corrected chi connectivity index (χ2v) is 8.10. The number of ketones is 1. The van der Waals surface area contributed by atoms with Crippen molar-refractivity contribution < 1.29 is 9.59 Å². The number of hydrogen-bond acceptors (Lipinski definition) is 5. The Kier molecular flexibility index (Phi) is 6.28. The molecule has 1 aromatic heterocycles. The van der Waals surface area contributed by atoms with Crippen LogP contribution in [-0.4, -0.2) is 35.0 Å². The molecule has 0 spiro atoms. The standard InChI is InChI=1S/C24H23ClN4O2/c1-16(30)17-4-8-21(9-5-17)26-24(31)19-12-14-29(15-13-19)23-11-10-22(27-28-23)18-2-6-20(25)7-3-18/h2-11,19H,12-15H2,1H3,(H,26,31). The Balaban J connectivity index is 1.32. The molecule has 6 nitrogen and oxygen atoms in total. The summed E-state index contributed by atoms with van der Waals surface area (Å²) in [6.07, 6.45) is 1.50. The van der Waals surface area contributed by atoms with E-state index in [9.17, 15) is 9.59 Å². The van der Waals surface area contributed by atoms with E-state index in [1.165, 1.54) is 6.92 Å². The molecule has 1 amide bonds. The summed E-state index contributed by atoms with van der Waals surface area (Å²) in [4.78, 5) is 26.1. The van der Waals surface area contributed by atoms with E-state index < -0.39 is 0 Å². The summed E-state index contributed by atoms with van der Waals surface area (Å²) in [5.74, 6) is 0.787. The van der Waals surface area contributed by atoms with E-state index in [-0.39, 0.29) is 17.6 Å². The number of carbonyl (C=O) groups excluding carboxylic acids is 2. The second-order valence-electron chi connectivity index (χ2n) is 7.67. The van der Waals surface area contributed by atoms with Crippen molar-refractivity contribution in [2.24, 2.45) is 5.92 Å². The van der Waals surface area contributed by atoms with Crippen LogP contribution in [0.1, 0.15) is 30.1 Å². The van der Waals surface area contributed by atoms with Crippen molar-refractivity contribution in [1.82, 2.24) is 10.2 Å². The normalized spacial score (nSPS) is 14.3. The van der Waals surface area contributed by atoms with Crippen LogP contribution >= 0.6 is 11.6 Å². The third-order valence-electron chi connectivity index (χ3n) is 5.54. The summed E-state index contributed by atoms with van der Waals surface area (Å²) >= 11 is 5.94. The molecule has 31 heavy (non-hydrogen) atoms. The van der Waals surface area contributed by atoms with Gasteiger partial charge in [-0.15, -0.1) is 10.2 Å². The molecule has 158 valence electrons. The number of anilines is 2. The van der Waals surface area contributed by atoms with Crippen molar-refractivity contribution in [2.45, 2.75) is 19.8 Å². The number of hydrogen-bond donors (Lipinski definition) is 1. The number of nitrogens with zero attached hydrogens (tertiary/aromatic N) is 3. The van der Waals surface area contributed by atoms with Crippen LogP contribution in [0.4, 0.5) is 11.5 Å². The topological polar surface area (TPSA) is 75.2 Å². The van der Waals surface area contributed by atoms with Gasteiger partial charge in [0.25, 0.3) is 0 Å². The van der Waals surface area contributed by atoms with E-state index in [0.717, 1.165) is 43.0 Å². The zero-order valence-electron chi connectivity index (χ0n) is 17.2. The Labute approximate surface area is 186 Å². The molecule has 0 unspecified atom stereocenters. The average molecular weight is 435 g/mol. The number of amides is 1. The predicted molar refractivity (Wildman–Crippen MR) is 122 cm³/mol. The third kappa shape index (κ3) is 5.09. The summed E-state index contributed by atoms with van der Waals surface area (Å²) in [6.45, 7) is 3.02. The molecule has 1 aliphatic heterocycles. The van der Waals surface area contributed by atoms with Gasteiger partial charge in [-0.1, -0.05) is 23.7 Å². The van der Waals surface area contributed by atoms with E-state index in [4.69, 9.17) is 11.6 Å². The largest absolute Gasteiger partial charge is 0.355 e. The maximum atomic E-state index is 12.6. The van der Waals surface area contributed by atoms with Crippen molar-refractivity contribution in [1.29, 1.82) is 0 Å². The Morgan fingerprint density at radius 1 is 0.935 bits per heavy atom. The molecule has 2 heterocycles. The maximum absolute atomic E-state index is 12.6. The lowest BCUT2D eigenvalue weighted by Crippen LogP contribution is -2.38. The molecular weight excluding hydrogens is 412 g/mol. The summed E-state index contributed by atoms with van der Waals surface area (Å²) in [5.41, 5.74) is 3.11. The molecule has 0 saturated carbocycles. The highest BCUT2D eigenvalue weighted by molar-refractivity contribution is 6.30. The minimum Gasteiger partial charge on any atom is -0.355 e. The van der Waals surface area contributed by atoms with Crippen LogP contribution in [0, 0.1) is 5.92 Å². The zero-order valence-corrected chi connectivity index (χ0v) is 18.0. The smallest absolute Gasteiger partial charge is 0.227 e. The van der Waals surface area contributed by atoms with Crippen LogP contribution in [0.3, 0.4) is 0 Å². The first kappa shape index (κ1) is 21.0. The lowest BCUT2D eigenvalue weighted by atomic mass is 9.95. The first-order valence-corrected chi connectivity index (χ1v) is 10.6. The fourth-order valence-electron chi connectivity index (χ4n) is 3.67. The van der Waals surface area contributed by atoms with Crippen molar-refractivity contribution in [3.63, 3.8) is 0 Å². The summed E-state index contributed by atoms with van der Waals surface area (Å²) in [5, 5.41) is 12.4. The molecule has 1 fully saturated rings. The number of benzene rings is 2. The molecule has 1 saturated heterocycles. The van der Waals surface area contributed by atoms with E-state index in [1.54, 1.807) is 24.3 Å². The van der Waals surface area contributed by atoms with Crippen LogP contribution in [0.25, 0.3) is 11.3 Å². The summed E-state index contributed by atoms with van der Waals surface area (Å²) in [7, 11) is 0. The highest BCUT2D eigenvalue weighted by Crippen LogP contribution is 2.25. The Morgan fingerprint density at radius 3 is 2.19 bits per heavy atom. The van der Waals surface area contributed by atoms with Gasteiger partial charge in [-0.3, -0.25) is 9.59 Å². The molecule has 4 rings (SSSR count). The van der Waals surface area contributed by atoms with Crippen LogP contribution in [0.15, 0.2) is 60.7 Å². The summed E-state index contributed by atoms with van der Waals surface area (Å²) < 4.78 is 0. The van der Waals surface area contributed by atoms with Crippen LogP contribution in [-0.2, 0) is 4.79 Å². The number of halogens is 1. The highest BCUT2D eigenvalue weighted by Gasteiger charge is 2.26. The van der Waals surface area contributed by atoms with Gasteiger partial charge < -0.3 is 10.2 Å². The first-order valence-electron chi connectivity index (χ1n) is 10.3. The number of Topliss-reactive ketones (excluding diaryl/α,β-unsaturated/α-hetero) is 1. The van der Waals surface area contributed by atoms with E-state index >= 15 is 0 Å². The second kappa shape index (κ2) is 9.27. The van der Waals surface area contributed by atoms with Gasteiger partial charge in [0.1, 0.15) is 0 Å². The van der Waals surface area contributed by atoms with Gasteiger partial charge in [-0.25, -0.2) is 0 Å². The number of rotatable bonds is 5. The Bertz CT molecular complexity index is 1060. The van der Waals surface area contributed by atoms with Gasteiger partial charge in [0.05, 0.1) is 5.69 Å². The fourth-order valence-corrected chi connectivity index (χ4v) is 3.80. The van der Waals surface area contributed by atoms with Gasteiger partial charge in [0, 0.05) is 40.8 Å². The molecule has 0 bridgehead atoms. The number of carbonyl (C=O) groups is 2. The lowest BCUT2D eigenvalue weighted by Gasteiger charge is -2.31. The lowest BCUT2D eigenvalue weighted by molar-refractivity contribution is -0.120. The van der Waals surface area contributed by atoms with Gasteiger partial charge in [0.15, 0.2) is 11.6 Å². The van der Waals surface area contributed by atoms with Crippen molar-refractivity contribution in [2.75, 3.05) is 23.3 Å². The third-order valence-corrected chi connectivity index (χ3v) is 5.79. The first-order chi connectivity index (χ1) is 15.0. The maximum Gasteiger partial charge on any atom is 0.227 e. The zero-order chi connectivity index (χ0) is 21.8. The number of nitrogens with one attached hydrogen (secondary N) is 1. The van der Waals surface area contributed by atoms with Gasteiger partial charge in [0.2, 0.25) is 5.91 Å². The number of piperidine rings is 1. The Hall–Kier alpha value is -3.25. The molecular formula is C24H23ClN4O2. The quantitative estimate of drug-likeness (QED) is 0.580. The van der Waals surface area contributed by atoms with E-state index in [2.05, 4.69) is 20.4 Å². The molecule has 1 N–H and O–H groups in total. The monoisotopic (exact) mass is 434 g/mol. The van der Waals surface area contributed by atoms with Crippen LogP contribution < -0.4 is 10.2 Å². The molecule has 0 aliphatic carbocycles. The minimum absolute atomic E-state index is 0.00884. The molecule has 1 aliphatic rings. The SMILES string of the molecule is CC(=O)c1ccc(NC(=O)C2CCN(c3ccc(-c4ccc(Cl)cc4)nn3)CC2)cc1. The van der Waals surface area contributed by atoms with Crippen molar-refractivity contribution in [3.05, 3.63) is 71.2 Å². The highest BCUT2D eigenvalue weighted by atomic mass is 35.5. The van der Waals surface area contributed by atoms with E-state index in [0.29, 0.717) is 16.3 Å². The van der Waals surface area contributed by atoms with Crippen LogP contribution in [0.2, 0.25) is 5.02 Å². The molecule has 0 radical (unpaired) electrons. The predicted octanol–water partition coefficient (Wildman–Crippen LogP) is 4.85. The fraction of sp³-hybridized carbons (Fsp3) is 0.250. The molecule has 3 aromatic rings. The van der Waals surface area contributed by atoms with Gasteiger partial charge >= 0.3 is 0 Å². The van der Waals surface area contributed by atoms with Crippen molar-refractivity contribution in [3.8, 4) is 11.3 Å². The van der Waals surface area contributed by atoms with Crippen LogP contribution in [0.5, 0.6) is 0 Å². The van der Waals surface area contributed by atoms with Gasteiger partial charge in [-0.2, -0.15) is 0 Å². The van der Waals surface area contributed by atoms with Gasteiger partial charge in [-0.05, 0) is 68.3 Å². The molecule has 2 aromatic carbocycles. The molecule has 7 heteroatoms. The molecule has 0 atom stereocenters. The van der Waals surface area contributed by atoms with E-state index in [1.807, 2.05) is 36.4 Å². The summed E-state index contributed by atoms with van der Waals surface area (Å²) in [6, 6.07) is 18.4. The van der Waals surface area contributed by atoms with Crippen molar-refractivity contribution >= 4 is 34.8 Å². The average Bonchev–Trinajstić information content (AvgIpc) is 2.80.